The van der Waals surface area contributed by atoms with Gasteiger partial charge in [0.05, 0.1) is 11.0 Å². The lowest BCUT2D eigenvalue weighted by Gasteiger charge is -2.07. The molecule has 0 aliphatic heterocycles. The van der Waals surface area contributed by atoms with Gasteiger partial charge in [0.2, 0.25) is 0 Å². The first-order chi connectivity index (χ1) is 9.02. The van der Waals surface area contributed by atoms with Gasteiger partial charge < -0.3 is 9.73 Å². The van der Waals surface area contributed by atoms with E-state index in [0.717, 1.165) is 45.6 Å². The second kappa shape index (κ2) is 6.29. The van der Waals surface area contributed by atoms with Crippen molar-refractivity contribution in [3.63, 3.8) is 0 Å². The van der Waals surface area contributed by atoms with E-state index in [4.69, 9.17) is 16.0 Å². The van der Waals surface area contributed by atoms with Crippen LogP contribution in [-0.4, -0.2) is 6.04 Å². The Kier molecular flexibility index (Phi) is 4.93. The number of aryl methyl sites for hydroxylation is 1. The van der Waals surface area contributed by atoms with Crippen LogP contribution in [-0.2, 0) is 13.0 Å². The van der Waals surface area contributed by atoms with Gasteiger partial charge in [-0.05, 0) is 34.5 Å². The average Bonchev–Trinajstić information content (AvgIpc) is 2.66. The van der Waals surface area contributed by atoms with Gasteiger partial charge in [-0.3, -0.25) is 0 Å². The van der Waals surface area contributed by atoms with Crippen molar-refractivity contribution in [2.45, 2.75) is 46.2 Å². The van der Waals surface area contributed by atoms with E-state index in [2.05, 4.69) is 42.0 Å². The molecular weight excluding hydrogens is 326 g/mol. The molecule has 1 heterocycles. The Hall–Kier alpha value is -0.510. The van der Waals surface area contributed by atoms with Crippen molar-refractivity contribution in [1.82, 2.24) is 5.32 Å². The number of benzene rings is 1. The van der Waals surface area contributed by atoms with E-state index in [1.54, 1.807) is 0 Å². The van der Waals surface area contributed by atoms with Crippen LogP contribution in [0.4, 0.5) is 0 Å². The topological polar surface area (TPSA) is 25.2 Å². The summed E-state index contributed by atoms with van der Waals surface area (Å²) in [4.78, 5) is 0. The second-order valence-electron chi connectivity index (χ2n) is 5.05. The minimum Gasteiger partial charge on any atom is -0.458 e. The van der Waals surface area contributed by atoms with E-state index in [1.165, 1.54) is 5.56 Å². The predicted octanol–water partition coefficient (Wildman–Crippen LogP) is 5.30. The molecule has 0 unspecified atom stereocenters. The van der Waals surface area contributed by atoms with Crippen molar-refractivity contribution in [3.8, 4) is 0 Å². The smallest absolute Gasteiger partial charge is 0.148 e. The number of furan rings is 1. The summed E-state index contributed by atoms with van der Waals surface area (Å²) in [6.45, 7) is 7.20. The summed E-state index contributed by atoms with van der Waals surface area (Å²) >= 11 is 9.67. The lowest BCUT2D eigenvalue weighted by molar-refractivity contribution is 0.482. The third-order valence-electron chi connectivity index (χ3n) is 3.07. The zero-order chi connectivity index (χ0) is 14.0. The van der Waals surface area contributed by atoms with Gasteiger partial charge in [-0.25, -0.2) is 0 Å². The summed E-state index contributed by atoms with van der Waals surface area (Å²) in [5.41, 5.74) is 2.17. The van der Waals surface area contributed by atoms with Crippen molar-refractivity contribution < 1.29 is 4.42 Å². The summed E-state index contributed by atoms with van der Waals surface area (Å²) in [5.74, 6) is 1.02. The Morgan fingerprint density at radius 2 is 2.11 bits per heavy atom. The Morgan fingerprint density at radius 3 is 2.74 bits per heavy atom. The quantitative estimate of drug-likeness (QED) is 0.796. The van der Waals surface area contributed by atoms with Crippen LogP contribution < -0.4 is 5.32 Å². The Morgan fingerprint density at radius 1 is 1.37 bits per heavy atom. The SMILES string of the molecule is CCCc1c(CNC(C)C)oc2c(Br)cc(Cl)cc12. The minimum atomic E-state index is 0.440. The summed E-state index contributed by atoms with van der Waals surface area (Å²) in [6, 6.07) is 4.31. The fraction of sp³-hybridized carbons (Fsp3) is 0.467. The van der Waals surface area contributed by atoms with Crippen molar-refractivity contribution in [2.24, 2.45) is 0 Å². The van der Waals surface area contributed by atoms with E-state index in [9.17, 15) is 0 Å². The highest BCUT2D eigenvalue weighted by Crippen LogP contribution is 2.35. The highest BCUT2D eigenvalue weighted by atomic mass is 79.9. The Balaban J connectivity index is 2.50. The molecule has 0 aliphatic carbocycles. The lowest BCUT2D eigenvalue weighted by Crippen LogP contribution is -2.22. The molecule has 2 nitrogen and oxygen atoms in total. The minimum absolute atomic E-state index is 0.440. The summed E-state index contributed by atoms with van der Waals surface area (Å²) in [7, 11) is 0. The molecule has 19 heavy (non-hydrogen) atoms. The molecule has 0 amide bonds. The Bertz CT molecular complexity index is 577. The summed E-state index contributed by atoms with van der Waals surface area (Å²) < 4.78 is 6.94. The van der Waals surface area contributed by atoms with Gasteiger partial charge in [0.25, 0.3) is 0 Å². The van der Waals surface area contributed by atoms with E-state index >= 15 is 0 Å². The average molecular weight is 345 g/mol. The third-order valence-corrected chi connectivity index (χ3v) is 3.87. The molecule has 0 saturated heterocycles. The molecule has 0 aliphatic rings. The van der Waals surface area contributed by atoms with Crippen molar-refractivity contribution in [3.05, 3.63) is 33.0 Å². The van der Waals surface area contributed by atoms with Gasteiger partial charge in [0.1, 0.15) is 11.3 Å². The van der Waals surface area contributed by atoms with Gasteiger partial charge in [0, 0.05) is 22.0 Å². The first-order valence-corrected chi connectivity index (χ1v) is 7.82. The highest BCUT2D eigenvalue weighted by molar-refractivity contribution is 9.10. The van der Waals surface area contributed by atoms with Crippen LogP contribution in [0.1, 0.15) is 38.5 Å². The molecule has 4 heteroatoms. The molecule has 0 bridgehead atoms. The van der Waals surface area contributed by atoms with Crippen LogP contribution in [0, 0.1) is 0 Å². The fourth-order valence-electron chi connectivity index (χ4n) is 2.19. The largest absolute Gasteiger partial charge is 0.458 e. The number of fused-ring (bicyclic) bond motifs is 1. The van der Waals surface area contributed by atoms with Gasteiger partial charge in [-0.1, -0.05) is 38.8 Å². The van der Waals surface area contributed by atoms with Crippen LogP contribution in [0.15, 0.2) is 21.0 Å². The predicted molar refractivity (Wildman–Crippen MR) is 84.9 cm³/mol. The van der Waals surface area contributed by atoms with Gasteiger partial charge in [0.15, 0.2) is 0 Å². The van der Waals surface area contributed by atoms with Gasteiger partial charge in [-0.15, -0.1) is 0 Å². The molecule has 2 aromatic rings. The van der Waals surface area contributed by atoms with E-state index in [1.807, 2.05) is 12.1 Å². The number of rotatable bonds is 5. The van der Waals surface area contributed by atoms with Gasteiger partial charge in [-0.2, -0.15) is 0 Å². The van der Waals surface area contributed by atoms with Crippen LogP contribution in [0.2, 0.25) is 5.02 Å². The molecule has 0 radical (unpaired) electrons. The standard InChI is InChI=1S/C15H19BrClNO/c1-4-5-11-12-6-10(17)7-13(16)15(12)19-14(11)8-18-9(2)3/h6-7,9,18H,4-5,8H2,1-3H3. The first-order valence-electron chi connectivity index (χ1n) is 6.65. The molecule has 1 N–H and O–H groups in total. The molecule has 1 aromatic heterocycles. The normalized spacial score (nSPS) is 11.7. The fourth-order valence-corrected chi connectivity index (χ4v) is 3.08. The number of halogens is 2. The maximum Gasteiger partial charge on any atom is 0.148 e. The summed E-state index contributed by atoms with van der Waals surface area (Å²) in [5, 5.41) is 5.28. The van der Waals surface area contributed by atoms with Crippen LogP contribution in [0.5, 0.6) is 0 Å². The van der Waals surface area contributed by atoms with Crippen molar-refractivity contribution in [1.29, 1.82) is 0 Å². The van der Waals surface area contributed by atoms with E-state index in [0.29, 0.717) is 6.04 Å². The van der Waals surface area contributed by atoms with Crippen LogP contribution in [0.25, 0.3) is 11.0 Å². The molecule has 1 aromatic carbocycles. The molecule has 0 atom stereocenters. The molecule has 0 spiro atoms. The maximum absolute atomic E-state index is 6.15. The molecule has 0 fully saturated rings. The summed E-state index contributed by atoms with van der Waals surface area (Å²) in [6.07, 6.45) is 2.10. The first kappa shape index (κ1) is 14.9. The van der Waals surface area contributed by atoms with E-state index in [-0.39, 0.29) is 0 Å². The Labute approximate surface area is 127 Å². The third kappa shape index (κ3) is 3.33. The van der Waals surface area contributed by atoms with Crippen molar-refractivity contribution >= 4 is 38.5 Å². The van der Waals surface area contributed by atoms with E-state index < -0.39 is 0 Å². The zero-order valence-corrected chi connectivity index (χ0v) is 13.9. The number of hydrogen-bond donors (Lipinski definition) is 1. The maximum atomic E-state index is 6.15. The lowest BCUT2D eigenvalue weighted by atomic mass is 10.1. The highest BCUT2D eigenvalue weighted by Gasteiger charge is 2.16. The number of nitrogens with one attached hydrogen (secondary N) is 1. The molecule has 104 valence electrons. The molecule has 2 rings (SSSR count). The number of hydrogen-bond acceptors (Lipinski definition) is 2. The molecular formula is C15H19BrClNO. The monoisotopic (exact) mass is 343 g/mol. The second-order valence-corrected chi connectivity index (χ2v) is 6.34. The van der Waals surface area contributed by atoms with Crippen molar-refractivity contribution in [2.75, 3.05) is 0 Å². The van der Waals surface area contributed by atoms with Crippen LogP contribution in [0.3, 0.4) is 0 Å². The zero-order valence-electron chi connectivity index (χ0n) is 11.5. The van der Waals surface area contributed by atoms with Crippen LogP contribution >= 0.6 is 27.5 Å². The molecule has 0 saturated carbocycles. The van der Waals surface area contributed by atoms with Gasteiger partial charge >= 0.3 is 0 Å².